The first-order valence-electron chi connectivity index (χ1n) is 9.63. The summed E-state index contributed by atoms with van der Waals surface area (Å²) >= 11 is 0. The molecule has 0 saturated heterocycles. The van der Waals surface area contributed by atoms with Crippen LogP contribution in [-0.2, 0) is 16.0 Å². The molecule has 0 aromatic heterocycles. The third-order valence-corrected chi connectivity index (χ3v) is 5.10. The van der Waals surface area contributed by atoms with E-state index < -0.39 is 11.9 Å². The van der Waals surface area contributed by atoms with Gasteiger partial charge in [-0.25, -0.2) is 4.39 Å². The SMILES string of the molecule is C[C@@H](C(=O)Nc1cc(C#N)ccc1CCCC(=O)O)c1ccc(F)c2ccccc12. The highest BCUT2D eigenvalue weighted by atomic mass is 19.1. The van der Waals surface area contributed by atoms with Crippen LogP contribution in [0.25, 0.3) is 10.8 Å². The summed E-state index contributed by atoms with van der Waals surface area (Å²) in [5.41, 5.74) is 2.35. The smallest absolute Gasteiger partial charge is 0.303 e. The third-order valence-electron chi connectivity index (χ3n) is 5.10. The molecule has 0 spiro atoms. The number of benzene rings is 3. The molecule has 30 heavy (non-hydrogen) atoms. The number of rotatable bonds is 7. The van der Waals surface area contributed by atoms with Gasteiger partial charge in [-0.1, -0.05) is 36.4 Å². The molecule has 0 aliphatic carbocycles. The van der Waals surface area contributed by atoms with Gasteiger partial charge in [0.2, 0.25) is 5.91 Å². The van der Waals surface area contributed by atoms with Crippen molar-refractivity contribution >= 4 is 28.3 Å². The monoisotopic (exact) mass is 404 g/mol. The number of hydrogen-bond acceptors (Lipinski definition) is 3. The first kappa shape index (κ1) is 21.0. The van der Waals surface area contributed by atoms with Crippen LogP contribution in [0.4, 0.5) is 10.1 Å². The Balaban J connectivity index is 1.87. The minimum atomic E-state index is -0.883. The zero-order valence-electron chi connectivity index (χ0n) is 16.5. The van der Waals surface area contributed by atoms with Gasteiger partial charge in [-0.05, 0) is 54.5 Å². The molecule has 152 valence electrons. The van der Waals surface area contributed by atoms with Crippen LogP contribution in [0.15, 0.2) is 54.6 Å². The molecule has 0 bridgehead atoms. The predicted octanol–water partition coefficient (Wildman–Crippen LogP) is 5.00. The standard InChI is InChI=1S/C24H21FN2O3/c1-15(18-11-12-21(25)20-7-3-2-6-19(18)20)24(30)27-22-13-16(14-26)9-10-17(22)5-4-8-23(28)29/h2-3,6-7,9-13,15H,4-5,8H2,1H3,(H,27,30)(H,28,29)/t15-/m1/s1. The van der Waals surface area contributed by atoms with Crippen molar-refractivity contribution < 1.29 is 19.1 Å². The fourth-order valence-electron chi connectivity index (χ4n) is 3.46. The van der Waals surface area contributed by atoms with Crippen LogP contribution >= 0.6 is 0 Å². The molecule has 0 heterocycles. The molecule has 0 radical (unpaired) electrons. The molecule has 1 atom stereocenters. The van der Waals surface area contributed by atoms with Gasteiger partial charge in [0, 0.05) is 17.5 Å². The number of anilines is 1. The average molecular weight is 404 g/mol. The molecule has 0 aliphatic heterocycles. The van der Waals surface area contributed by atoms with Crippen LogP contribution in [0.3, 0.4) is 0 Å². The molecule has 0 unspecified atom stereocenters. The first-order valence-corrected chi connectivity index (χ1v) is 9.63. The summed E-state index contributed by atoms with van der Waals surface area (Å²) in [5, 5.41) is 22.0. The molecule has 3 aromatic carbocycles. The largest absolute Gasteiger partial charge is 0.481 e. The van der Waals surface area contributed by atoms with Crippen LogP contribution in [0.5, 0.6) is 0 Å². The third kappa shape index (κ3) is 4.64. The van der Waals surface area contributed by atoms with Crippen molar-refractivity contribution in [2.24, 2.45) is 0 Å². The van der Waals surface area contributed by atoms with Crippen molar-refractivity contribution in [1.82, 2.24) is 0 Å². The summed E-state index contributed by atoms with van der Waals surface area (Å²) in [7, 11) is 0. The number of hydrogen-bond donors (Lipinski definition) is 2. The van der Waals surface area contributed by atoms with Crippen molar-refractivity contribution in [1.29, 1.82) is 5.26 Å². The van der Waals surface area contributed by atoms with Gasteiger partial charge in [0.15, 0.2) is 0 Å². The maximum Gasteiger partial charge on any atom is 0.303 e. The van der Waals surface area contributed by atoms with Crippen molar-refractivity contribution in [2.45, 2.75) is 32.1 Å². The number of nitrogens with zero attached hydrogens (tertiary/aromatic N) is 1. The fraction of sp³-hybridized carbons (Fsp3) is 0.208. The molecule has 5 nitrogen and oxygen atoms in total. The second kappa shape index (κ2) is 9.19. The Hall–Kier alpha value is -3.72. The van der Waals surface area contributed by atoms with Gasteiger partial charge in [0.25, 0.3) is 0 Å². The number of amides is 1. The van der Waals surface area contributed by atoms with Crippen LogP contribution in [0, 0.1) is 17.1 Å². The lowest BCUT2D eigenvalue weighted by molar-refractivity contribution is -0.137. The molecular weight excluding hydrogens is 383 g/mol. The molecular formula is C24H21FN2O3. The Morgan fingerprint density at radius 1 is 1.13 bits per heavy atom. The number of fused-ring (bicyclic) bond motifs is 1. The fourth-order valence-corrected chi connectivity index (χ4v) is 3.46. The molecule has 6 heteroatoms. The van der Waals surface area contributed by atoms with E-state index in [0.29, 0.717) is 40.4 Å². The Morgan fingerprint density at radius 2 is 1.87 bits per heavy atom. The molecule has 2 N–H and O–H groups in total. The van der Waals surface area contributed by atoms with Gasteiger partial charge in [-0.15, -0.1) is 0 Å². The predicted molar refractivity (Wildman–Crippen MR) is 113 cm³/mol. The molecule has 1 amide bonds. The number of aryl methyl sites for hydroxylation is 1. The summed E-state index contributed by atoms with van der Waals surface area (Å²) < 4.78 is 14.1. The van der Waals surface area contributed by atoms with E-state index in [-0.39, 0.29) is 18.1 Å². The van der Waals surface area contributed by atoms with E-state index in [1.165, 1.54) is 6.07 Å². The van der Waals surface area contributed by atoms with Gasteiger partial charge in [0.05, 0.1) is 17.6 Å². The zero-order chi connectivity index (χ0) is 21.7. The van der Waals surface area contributed by atoms with Gasteiger partial charge in [-0.2, -0.15) is 5.26 Å². The highest BCUT2D eigenvalue weighted by Gasteiger charge is 2.20. The summed E-state index contributed by atoms with van der Waals surface area (Å²) in [4.78, 5) is 23.8. The van der Waals surface area contributed by atoms with E-state index >= 15 is 0 Å². The first-order chi connectivity index (χ1) is 14.4. The van der Waals surface area contributed by atoms with Crippen LogP contribution in [0.1, 0.15) is 42.4 Å². The molecule has 0 saturated carbocycles. The van der Waals surface area contributed by atoms with Crippen molar-refractivity contribution in [3.63, 3.8) is 0 Å². The molecule has 0 fully saturated rings. The van der Waals surface area contributed by atoms with E-state index in [1.54, 1.807) is 55.5 Å². The number of nitriles is 1. The number of nitrogens with one attached hydrogen (secondary N) is 1. The van der Waals surface area contributed by atoms with Crippen molar-refractivity contribution in [3.05, 3.63) is 77.1 Å². The minimum absolute atomic E-state index is 0.0192. The van der Waals surface area contributed by atoms with Crippen LogP contribution < -0.4 is 5.32 Å². The normalized spacial score (nSPS) is 11.6. The summed E-state index contributed by atoms with van der Waals surface area (Å²) in [6.07, 6.45) is 0.898. The van der Waals surface area contributed by atoms with Gasteiger partial charge in [-0.3, -0.25) is 9.59 Å². The number of carboxylic acid groups (broad SMARTS) is 1. The highest BCUT2D eigenvalue weighted by Crippen LogP contribution is 2.29. The summed E-state index contributed by atoms with van der Waals surface area (Å²) in [6.45, 7) is 1.74. The summed E-state index contributed by atoms with van der Waals surface area (Å²) in [5.74, 6) is -2.08. The van der Waals surface area contributed by atoms with Gasteiger partial charge >= 0.3 is 5.97 Å². The lowest BCUT2D eigenvalue weighted by Gasteiger charge is -2.17. The van der Waals surface area contributed by atoms with Gasteiger partial charge < -0.3 is 10.4 Å². The number of carboxylic acids is 1. The Morgan fingerprint density at radius 3 is 2.57 bits per heavy atom. The van der Waals surface area contributed by atoms with E-state index in [1.807, 2.05) is 6.07 Å². The van der Waals surface area contributed by atoms with Crippen molar-refractivity contribution in [3.8, 4) is 6.07 Å². The number of carbonyl (C=O) groups is 2. The van der Waals surface area contributed by atoms with E-state index in [0.717, 1.165) is 5.56 Å². The average Bonchev–Trinajstić information content (AvgIpc) is 2.74. The van der Waals surface area contributed by atoms with Gasteiger partial charge in [0.1, 0.15) is 5.82 Å². The lowest BCUT2D eigenvalue weighted by atomic mass is 9.93. The topological polar surface area (TPSA) is 90.2 Å². The van der Waals surface area contributed by atoms with E-state index in [4.69, 9.17) is 5.11 Å². The second-order valence-electron chi connectivity index (χ2n) is 7.12. The lowest BCUT2D eigenvalue weighted by Crippen LogP contribution is -2.20. The molecule has 3 aromatic rings. The number of aliphatic carboxylic acids is 1. The minimum Gasteiger partial charge on any atom is -0.481 e. The van der Waals surface area contributed by atoms with Crippen LogP contribution in [0.2, 0.25) is 0 Å². The maximum atomic E-state index is 14.1. The number of halogens is 1. The molecule has 3 rings (SSSR count). The Kier molecular flexibility index (Phi) is 6.43. The highest BCUT2D eigenvalue weighted by molar-refractivity contribution is 6.00. The second-order valence-corrected chi connectivity index (χ2v) is 7.12. The molecule has 0 aliphatic rings. The Bertz CT molecular complexity index is 1150. The number of carbonyl (C=O) groups excluding carboxylic acids is 1. The van der Waals surface area contributed by atoms with E-state index in [9.17, 15) is 19.2 Å². The quantitative estimate of drug-likeness (QED) is 0.580. The Labute approximate surface area is 173 Å². The summed E-state index contributed by atoms with van der Waals surface area (Å²) in [6, 6.07) is 17.0. The van der Waals surface area contributed by atoms with E-state index in [2.05, 4.69) is 5.32 Å². The maximum absolute atomic E-state index is 14.1. The van der Waals surface area contributed by atoms with Crippen molar-refractivity contribution in [2.75, 3.05) is 5.32 Å². The zero-order valence-corrected chi connectivity index (χ0v) is 16.5. The van der Waals surface area contributed by atoms with Crippen LogP contribution in [-0.4, -0.2) is 17.0 Å².